The average Bonchev–Trinajstić information content (AvgIpc) is 3.51. The zero-order valence-electron chi connectivity index (χ0n) is 18.4. The fourth-order valence-electron chi connectivity index (χ4n) is 4.26. The van der Waals surface area contributed by atoms with Crippen molar-refractivity contribution in [2.24, 2.45) is 0 Å². The number of amides is 1. The number of rotatable bonds is 7. The first-order chi connectivity index (χ1) is 16.1. The molecule has 0 saturated carbocycles. The minimum Gasteiger partial charge on any atom is -0.454 e. The number of ether oxygens (including phenoxy) is 4. The molecular weight excluding hydrogens is 444 g/mol. The SMILES string of the molecule is COCCN(Cc1cc2cc3c(cc2nc1-c1cccc(Cl)c1)OCO3)C(=O)[C@H]1CCCO1. The van der Waals surface area contributed by atoms with Crippen molar-refractivity contribution in [2.45, 2.75) is 25.5 Å². The number of carbonyl (C=O) groups excluding carboxylic acids is 1. The van der Waals surface area contributed by atoms with E-state index in [2.05, 4.69) is 6.07 Å². The van der Waals surface area contributed by atoms with E-state index < -0.39 is 6.10 Å². The van der Waals surface area contributed by atoms with Crippen molar-refractivity contribution in [2.75, 3.05) is 33.7 Å². The lowest BCUT2D eigenvalue weighted by molar-refractivity contribution is -0.142. The number of pyridine rings is 1. The molecule has 2 aromatic carbocycles. The van der Waals surface area contributed by atoms with Gasteiger partial charge in [0.25, 0.3) is 5.91 Å². The molecule has 0 radical (unpaired) electrons. The number of carbonyl (C=O) groups is 1. The first-order valence-electron chi connectivity index (χ1n) is 11.0. The van der Waals surface area contributed by atoms with Crippen molar-refractivity contribution >= 4 is 28.4 Å². The first-order valence-corrected chi connectivity index (χ1v) is 11.4. The van der Waals surface area contributed by atoms with Gasteiger partial charge in [-0.15, -0.1) is 0 Å². The van der Waals surface area contributed by atoms with Gasteiger partial charge in [-0.25, -0.2) is 4.98 Å². The molecule has 0 unspecified atom stereocenters. The maximum atomic E-state index is 13.2. The van der Waals surface area contributed by atoms with Crippen molar-refractivity contribution in [1.82, 2.24) is 9.88 Å². The quantitative estimate of drug-likeness (QED) is 0.510. The van der Waals surface area contributed by atoms with Gasteiger partial charge in [-0.2, -0.15) is 0 Å². The number of halogens is 1. The molecule has 1 amide bonds. The second-order valence-corrected chi connectivity index (χ2v) is 8.60. The molecule has 1 aromatic heterocycles. The van der Waals surface area contributed by atoms with Gasteiger partial charge < -0.3 is 23.8 Å². The van der Waals surface area contributed by atoms with Gasteiger partial charge in [0, 0.05) is 48.8 Å². The van der Waals surface area contributed by atoms with E-state index in [1.165, 1.54) is 0 Å². The Hall–Kier alpha value is -2.87. The van der Waals surface area contributed by atoms with E-state index in [1.54, 1.807) is 12.0 Å². The zero-order chi connectivity index (χ0) is 22.8. The van der Waals surface area contributed by atoms with Gasteiger partial charge in [0.2, 0.25) is 6.79 Å². The summed E-state index contributed by atoms with van der Waals surface area (Å²) in [5.74, 6) is 1.35. The topological polar surface area (TPSA) is 70.1 Å². The molecule has 1 atom stereocenters. The van der Waals surface area contributed by atoms with Crippen LogP contribution in [0, 0.1) is 0 Å². The molecular formula is C25H25ClN2O5. The molecule has 0 bridgehead atoms. The molecule has 2 aliphatic rings. The van der Waals surface area contributed by atoms with Crippen LogP contribution in [0.15, 0.2) is 42.5 Å². The lowest BCUT2D eigenvalue weighted by Crippen LogP contribution is -2.40. The standard InChI is InChI=1S/C25H25ClN2O5/c1-30-9-7-28(25(29)21-6-3-8-31-21)14-18-10-17-12-22-23(33-15-32-22)13-20(17)27-24(18)16-4-2-5-19(26)11-16/h2,4-5,10-13,21H,3,6-9,14-15H2,1H3/t21-/m1/s1. The van der Waals surface area contributed by atoms with Crippen LogP contribution in [-0.2, 0) is 20.8 Å². The van der Waals surface area contributed by atoms with Crippen LogP contribution in [0.3, 0.4) is 0 Å². The fraction of sp³-hybridized carbons (Fsp3) is 0.360. The summed E-state index contributed by atoms with van der Waals surface area (Å²) in [6, 6.07) is 13.4. The number of hydrogen-bond donors (Lipinski definition) is 0. The summed E-state index contributed by atoms with van der Waals surface area (Å²) in [5, 5.41) is 1.54. The molecule has 7 nitrogen and oxygen atoms in total. The van der Waals surface area contributed by atoms with Gasteiger partial charge >= 0.3 is 0 Å². The van der Waals surface area contributed by atoms with Gasteiger partial charge in [-0.1, -0.05) is 23.7 Å². The smallest absolute Gasteiger partial charge is 0.252 e. The molecule has 172 valence electrons. The molecule has 1 saturated heterocycles. The molecule has 3 heterocycles. The summed E-state index contributed by atoms with van der Waals surface area (Å²) in [7, 11) is 1.63. The van der Waals surface area contributed by atoms with E-state index in [0.29, 0.717) is 42.8 Å². The Morgan fingerprint density at radius 2 is 2.06 bits per heavy atom. The van der Waals surface area contributed by atoms with Gasteiger partial charge in [-0.05, 0) is 42.7 Å². The summed E-state index contributed by atoms with van der Waals surface area (Å²) in [6.45, 7) is 2.09. The van der Waals surface area contributed by atoms with E-state index in [0.717, 1.165) is 40.6 Å². The highest BCUT2D eigenvalue weighted by atomic mass is 35.5. The molecule has 8 heteroatoms. The van der Waals surface area contributed by atoms with Crippen LogP contribution in [0.2, 0.25) is 5.02 Å². The van der Waals surface area contributed by atoms with E-state index in [9.17, 15) is 4.79 Å². The molecule has 0 aliphatic carbocycles. The third-order valence-electron chi connectivity index (χ3n) is 5.93. The zero-order valence-corrected chi connectivity index (χ0v) is 19.1. The molecule has 2 aliphatic heterocycles. The fourth-order valence-corrected chi connectivity index (χ4v) is 4.45. The van der Waals surface area contributed by atoms with Crippen molar-refractivity contribution < 1.29 is 23.7 Å². The number of methoxy groups -OCH3 is 1. The van der Waals surface area contributed by atoms with Crippen LogP contribution in [0.5, 0.6) is 11.5 Å². The highest BCUT2D eigenvalue weighted by Crippen LogP contribution is 2.37. The molecule has 5 rings (SSSR count). The Bertz CT molecular complexity index is 1180. The molecule has 0 spiro atoms. The van der Waals surface area contributed by atoms with E-state index in [1.807, 2.05) is 36.4 Å². The van der Waals surface area contributed by atoms with Crippen LogP contribution in [-0.4, -0.2) is 55.6 Å². The third-order valence-corrected chi connectivity index (χ3v) is 6.16. The normalized spacial score (nSPS) is 17.0. The van der Waals surface area contributed by atoms with Gasteiger partial charge in [0.1, 0.15) is 6.10 Å². The summed E-state index contributed by atoms with van der Waals surface area (Å²) in [5.41, 5.74) is 3.35. The number of fused-ring (bicyclic) bond motifs is 2. The van der Waals surface area contributed by atoms with E-state index >= 15 is 0 Å². The monoisotopic (exact) mass is 468 g/mol. The van der Waals surface area contributed by atoms with Gasteiger partial charge in [0.05, 0.1) is 17.8 Å². The number of hydrogen-bond acceptors (Lipinski definition) is 6. The Labute approximate surface area is 197 Å². The second kappa shape index (κ2) is 9.55. The van der Waals surface area contributed by atoms with Crippen LogP contribution < -0.4 is 9.47 Å². The summed E-state index contributed by atoms with van der Waals surface area (Å²) >= 11 is 6.29. The Morgan fingerprint density at radius 1 is 1.21 bits per heavy atom. The molecule has 0 N–H and O–H groups in total. The van der Waals surface area contributed by atoms with Crippen molar-refractivity contribution in [3.05, 3.63) is 53.1 Å². The Balaban J connectivity index is 1.58. The lowest BCUT2D eigenvalue weighted by Gasteiger charge is -2.26. The molecule has 33 heavy (non-hydrogen) atoms. The maximum absolute atomic E-state index is 13.2. The van der Waals surface area contributed by atoms with Gasteiger partial charge in [-0.3, -0.25) is 4.79 Å². The predicted octanol–water partition coefficient (Wildman–Crippen LogP) is 4.44. The molecule has 1 fully saturated rings. The maximum Gasteiger partial charge on any atom is 0.252 e. The van der Waals surface area contributed by atoms with Crippen molar-refractivity contribution in [1.29, 1.82) is 0 Å². The number of aromatic nitrogens is 1. The average molecular weight is 469 g/mol. The van der Waals surface area contributed by atoms with Crippen molar-refractivity contribution in [3.63, 3.8) is 0 Å². The summed E-state index contributed by atoms with van der Waals surface area (Å²) in [6.07, 6.45) is 1.23. The number of nitrogens with zero attached hydrogens (tertiary/aromatic N) is 2. The highest BCUT2D eigenvalue weighted by molar-refractivity contribution is 6.30. The highest BCUT2D eigenvalue weighted by Gasteiger charge is 2.29. The number of benzene rings is 2. The predicted molar refractivity (Wildman–Crippen MR) is 125 cm³/mol. The van der Waals surface area contributed by atoms with Crippen molar-refractivity contribution in [3.8, 4) is 22.8 Å². The van der Waals surface area contributed by atoms with Crippen LogP contribution >= 0.6 is 11.6 Å². The third kappa shape index (κ3) is 4.62. The minimum absolute atomic E-state index is 0.0209. The summed E-state index contributed by atoms with van der Waals surface area (Å²) in [4.78, 5) is 20.0. The van der Waals surface area contributed by atoms with Gasteiger partial charge in [0.15, 0.2) is 11.5 Å². The molecule has 3 aromatic rings. The van der Waals surface area contributed by atoms with Crippen LogP contribution in [0.1, 0.15) is 18.4 Å². The Kier molecular flexibility index (Phi) is 6.35. The summed E-state index contributed by atoms with van der Waals surface area (Å²) < 4.78 is 22.0. The lowest BCUT2D eigenvalue weighted by atomic mass is 10.0. The second-order valence-electron chi connectivity index (χ2n) is 8.16. The van der Waals surface area contributed by atoms with E-state index in [4.69, 9.17) is 35.5 Å². The largest absolute Gasteiger partial charge is 0.454 e. The minimum atomic E-state index is -0.404. The van der Waals surface area contributed by atoms with Crippen LogP contribution in [0.4, 0.5) is 0 Å². The Morgan fingerprint density at radius 3 is 2.82 bits per heavy atom. The van der Waals surface area contributed by atoms with E-state index in [-0.39, 0.29) is 12.7 Å². The van der Waals surface area contributed by atoms with Crippen LogP contribution in [0.25, 0.3) is 22.2 Å². The first kappa shape index (κ1) is 21.9.